The van der Waals surface area contributed by atoms with Crippen LogP contribution in [-0.2, 0) is 9.16 Å². The lowest BCUT2D eigenvalue weighted by Gasteiger charge is -2.38. The summed E-state index contributed by atoms with van der Waals surface area (Å²) in [5.74, 6) is -0.147. The van der Waals surface area contributed by atoms with Crippen LogP contribution in [0.4, 0.5) is 4.79 Å². The van der Waals surface area contributed by atoms with Crippen molar-refractivity contribution in [3.8, 4) is 0 Å². The number of halogens is 2. The molecule has 0 spiro atoms. The van der Waals surface area contributed by atoms with Crippen molar-refractivity contribution in [3.63, 3.8) is 0 Å². The summed E-state index contributed by atoms with van der Waals surface area (Å²) in [6.45, 7) is 8.54. The van der Waals surface area contributed by atoms with Gasteiger partial charge >= 0.3 is 6.09 Å². The minimum Gasteiger partial charge on any atom is -0.444 e. The van der Waals surface area contributed by atoms with Crippen LogP contribution in [0.3, 0.4) is 0 Å². The molecule has 2 atom stereocenters. The summed E-state index contributed by atoms with van der Waals surface area (Å²) in [7, 11) is 0. The van der Waals surface area contributed by atoms with Gasteiger partial charge in [0.25, 0.3) is 5.91 Å². The van der Waals surface area contributed by atoms with E-state index < -0.39 is 5.60 Å². The van der Waals surface area contributed by atoms with Crippen LogP contribution in [0, 0.1) is 6.92 Å². The molecule has 9 heteroatoms. The average molecular weight is 528 g/mol. The molecule has 1 aliphatic rings. The van der Waals surface area contributed by atoms with E-state index in [-0.39, 0.29) is 23.3 Å². The molecule has 2 N–H and O–H groups in total. The van der Waals surface area contributed by atoms with Crippen LogP contribution in [0.25, 0.3) is 0 Å². The highest BCUT2D eigenvalue weighted by atomic mass is 127. The van der Waals surface area contributed by atoms with Crippen LogP contribution in [0.15, 0.2) is 0 Å². The Morgan fingerprint density at radius 1 is 1.44 bits per heavy atom. The number of thioether (sulfide) groups is 1. The number of likely N-dealkylation sites (tertiary alicyclic amines) is 1. The molecule has 2 rings (SSSR count). The first-order valence-corrected chi connectivity index (χ1v) is 12.0. The predicted octanol–water partition coefficient (Wildman–Crippen LogP) is 4.38. The lowest BCUT2D eigenvalue weighted by Crippen LogP contribution is -2.54. The smallest absolute Gasteiger partial charge is 0.410 e. The fourth-order valence-electron chi connectivity index (χ4n) is 3.03. The Bertz CT molecular complexity index is 705. The second-order valence-corrected chi connectivity index (χ2v) is 9.84. The number of ether oxygens (including phenoxy) is 1. The number of piperidine rings is 1. The van der Waals surface area contributed by atoms with Crippen molar-refractivity contribution in [2.45, 2.75) is 55.4 Å². The normalized spacial score (nSPS) is 20.5. The maximum Gasteiger partial charge on any atom is 0.410 e. The first-order valence-electron chi connectivity index (χ1n) is 8.81. The van der Waals surface area contributed by atoms with E-state index in [2.05, 4.69) is 32.9 Å². The SMILES string of the molecule is CS[C@H]1CN(C(=O)OC(C)(C)C)CCC1NC(=O)c1[nH]c(C)c(Cl)c1CI. The van der Waals surface area contributed by atoms with Gasteiger partial charge in [0.1, 0.15) is 11.3 Å². The van der Waals surface area contributed by atoms with Crippen LogP contribution >= 0.6 is 46.0 Å². The maximum absolute atomic E-state index is 12.8. The van der Waals surface area contributed by atoms with E-state index in [9.17, 15) is 9.59 Å². The number of aromatic amines is 1. The molecule has 0 saturated carbocycles. The third-order valence-corrected chi connectivity index (χ3v) is 6.76. The molecule has 2 amide bonds. The first-order chi connectivity index (χ1) is 12.6. The monoisotopic (exact) mass is 527 g/mol. The van der Waals surface area contributed by atoms with Crippen molar-refractivity contribution < 1.29 is 14.3 Å². The zero-order valence-corrected chi connectivity index (χ0v) is 20.0. The summed E-state index contributed by atoms with van der Waals surface area (Å²) >= 11 is 10.1. The Morgan fingerprint density at radius 2 is 2.11 bits per heavy atom. The number of hydrogen-bond acceptors (Lipinski definition) is 4. The van der Waals surface area contributed by atoms with E-state index in [0.717, 1.165) is 11.3 Å². The minimum atomic E-state index is -0.516. The predicted molar refractivity (Wildman–Crippen MR) is 119 cm³/mol. The molecule has 27 heavy (non-hydrogen) atoms. The summed E-state index contributed by atoms with van der Waals surface area (Å²) in [6, 6.07) is -0.0179. The first kappa shape index (κ1) is 22.7. The quantitative estimate of drug-likeness (QED) is 0.450. The topological polar surface area (TPSA) is 74.4 Å². The van der Waals surface area contributed by atoms with Crippen molar-refractivity contribution >= 4 is 58.0 Å². The number of carbonyl (C=O) groups is 2. The Kier molecular flexibility index (Phi) is 7.78. The molecule has 0 aromatic carbocycles. The molecule has 0 bridgehead atoms. The van der Waals surface area contributed by atoms with E-state index in [1.807, 2.05) is 34.0 Å². The van der Waals surface area contributed by atoms with Crippen LogP contribution in [0.5, 0.6) is 0 Å². The number of hydrogen-bond donors (Lipinski definition) is 2. The summed E-state index contributed by atoms with van der Waals surface area (Å²) in [6.07, 6.45) is 2.38. The van der Waals surface area contributed by atoms with Crippen molar-refractivity contribution in [2.24, 2.45) is 0 Å². The summed E-state index contributed by atoms with van der Waals surface area (Å²) in [4.78, 5) is 30.0. The molecule has 1 aromatic heterocycles. The minimum absolute atomic E-state index is 0.0179. The molecule has 1 fully saturated rings. The fourth-order valence-corrected chi connectivity index (χ4v) is 5.08. The molecule has 2 heterocycles. The summed E-state index contributed by atoms with van der Waals surface area (Å²) < 4.78 is 6.13. The number of aryl methyl sites for hydroxylation is 1. The van der Waals surface area contributed by atoms with Crippen LogP contribution in [-0.4, -0.2) is 58.1 Å². The Balaban J connectivity index is 2.05. The number of carbonyl (C=O) groups excluding carboxylic acids is 2. The van der Waals surface area contributed by atoms with E-state index >= 15 is 0 Å². The maximum atomic E-state index is 12.8. The number of alkyl halides is 1. The van der Waals surface area contributed by atoms with Crippen molar-refractivity contribution in [1.82, 2.24) is 15.2 Å². The lowest BCUT2D eigenvalue weighted by atomic mass is 10.0. The zero-order valence-electron chi connectivity index (χ0n) is 16.3. The van der Waals surface area contributed by atoms with Gasteiger partial charge in [0.05, 0.1) is 5.02 Å². The molecule has 1 unspecified atom stereocenters. The molecular weight excluding hydrogens is 501 g/mol. The van der Waals surface area contributed by atoms with Gasteiger partial charge in [0, 0.05) is 40.1 Å². The molecule has 1 aromatic rings. The zero-order chi connectivity index (χ0) is 20.4. The molecule has 1 saturated heterocycles. The standard InChI is InChI=1S/C18H27ClIN3O3S/c1-10-14(19)11(8-20)15(21-10)16(24)22-12-6-7-23(9-13(12)27-5)17(25)26-18(2,3)4/h12-13,21H,6-9H2,1-5H3,(H,22,24)/t12?,13-/m0/s1. The van der Waals surface area contributed by atoms with E-state index in [1.54, 1.807) is 16.7 Å². The van der Waals surface area contributed by atoms with Gasteiger partial charge in [-0.1, -0.05) is 34.2 Å². The Hall–Kier alpha value is -0.610. The number of aromatic nitrogens is 1. The molecule has 1 aliphatic heterocycles. The van der Waals surface area contributed by atoms with Crippen molar-refractivity contribution in [3.05, 3.63) is 22.0 Å². The number of nitrogens with zero attached hydrogens (tertiary/aromatic N) is 1. The van der Waals surface area contributed by atoms with Gasteiger partial charge in [-0.15, -0.1) is 0 Å². The second kappa shape index (κ2) is 9.26. The third-order valence-electron chi connectivity index (χ3n) is 4.40. The van der Waals surface area contributed by atoms with E-state index in [0.29, 0.717) is 34.7 Å². The summed E-state index contributed by atoms with van der Waals surface area (Å²) in [5, 5.41) is 3.85. The highest BCUT2D eigenvalue weighted by molar-refractivity contribution is 14.1. The Morgan fingerprint density at radius 3 is 2.67 bits per heavy atom. The van der Waals surface area contributed by atoms with Gasteiger partial charge in [-0.25, -0.2) is 4.79 Å². The van der Waals surface area contributed by atoms with Crippen LogP contribution in [0.1, 0.15) is 48.9 Å². The highest BCUT2D eigenvalue weighted by Crippen LogP contribution is 2.28. The number of amides is 2. The lowest BCUT2D eigenvalue weighted by molar-refractivity contribution is 0.0205. The average Bonchev–Trinajstić information content (AvgIpc) is 2.88. The van der Waals surface area contributed by atoms with Gasteiger partial charge < -0.3 is 19.9 Å². The molecule has 0 radical (unpaired) electrons. The van der Waals surface area contributed by atoms with Crippen molar-refractivity contribution in [2.75, 3.05) is 19.3 Å². The third kappa shape index (κ3) is 5.69. The molecular formula is C18H27ClIN3O3S. The van der Waals surface area contributed by atoms with Gasteiger partial charge in [-0.2, -0.15) is 11.8 Å². The van der Waals surface area contributed by atoms with Gasteiger partial charge in [-0.3, -0.25) is 4.79 Å². The van der Waals surface area contributed by atoms with Crippen molar-refractivity contribution in [1.29, 1.82) is 0 Å². The van der Waals surface area contributed by atoms with Crippen LogP contribution < -0.4 is 5.32 Å². The number of H-pyrrole nitrogens is 1. The van der Waals surface area contributed by atoms with Gasteiger partial charge in [0.2, 0.25) is 0 Å². The molecule has 0 aliphatic carbocycles. The van der Waals surface area contributed by atoms with Gasteiger partial charge in [-0.05, 0) is 40.4 Å². The molecule has 152 valence electrons. The van der Waals surface area contributed by atoms with Crippen LogP contribution in [0.2, 0.25) is 5.02 Å². The highest BCUT2D eigenvalue weighted by Gasteiger charge is 2.34. The Labute approximate surface area is 183 Å². The number of nitrogens with one attached hydrogen (secondary N) is 2. The summed E-state index contributed by atoms with van der Waals surface area (Å²) in [5.41, 5.74) is 1.65. The second-order valence-electron chi connectivity index (χ2n) is 7.62. The largest absolute Gasteiger partial charge is 0.444 e. The van der Waals surface area contributed by atoms with E-state index in [4.69, 9.17) is 16.3 Å². The number of rotatable bonds is 4. The van der Waals surface area contributed by atoms with Gasteiger partial charge in [0.15, 0.2) is 0 Å². The fraction of sp³-hybridized carbons (Fsp3) is 0.667. The van der Waals surface area contributed by atoms with E-state index in [1.165, 1.54) is 0 Å². The molecule has 6 nitrogen and oxygen atoms in total.